The van der Waals surface area contributed by atoms with Crippen molar-refractivity contribution in [2.24, 2.45) is 0 Å². The molecule has 0 aliphatic heterocycles. The molecule has 1 unspecified atom stereocenters. The highest BCUT2D eigenvalue weighted by atomic mass is 16.6. The normalized spacial score (nSPS) is 12.1. The number of carbonyl (C=O) groups is 1. The highest BCUT2D eigenvalue weighted by molar-refractivity contribution is 5.69. The second kappa shape index (κ2) is 32.6. The number of rotatable bonds is 35. The first-order valence-corrected chi connectivity index (χ1v) is 20.5. The molecule has 6 heteroatoms. The van der Waals surface area contributed by atoms with E-state index >= 15 is 0 Å². The zero-order chi connectivity index (χ0) is 34.9. The van der Waals surface area contributed by atoms with Crippen LogP contribution in [0, 0.1) is 0 Å². The first-order valence-electron chi connectivity index (χ1n) is 20.5. The molecule has 0 aliphatic carbocycles. The minimum atomic E-state index is -0.747. The lowest BCUT2D eigenvalue weighted by molar-refractivity contribution is -0.143. The van der Waals surface area contributed by atoms with Gasteiger partial charge >= 0.3 is 5.97 Å². The minimum Gasteiger partial charge on any atom is -0.466 e. The number of unbranched alkanes of at least 4 members (excludes halogenated alkanes) is 17. The van der Waals surface area contributed by atoms with Crippen LogP contribution in [0.1, 0.15) is 186 Å². The van der Waals surface area contributed by atoms with Gasteiger partial charge in [0.25, 0.3) is 0 Å². The van der Waals surface area contributed by atoms with E-state index in [9.17, 15) is 15.0 Å². The summed E-state index contributed by atoms with van der Waals surface area (Å²) in [7, 11) is 0. The fourth-order valence-electron chi connectivity index (χ4n) is 6.44. The molecule has 280 valence electrons. The number of esters is 1. The molecule has 0 fully saturated rings. The van der Waals surface area contributed by atoms with Gasteiger partial charge in [0.05, 0.1) is 13.2 Å². The molecular formula is C42H77NO5. The summed E-state index contributed by atoms with van der Waals surface area (Å²) >= 11 is 0. The predicted molar refractivity (Wildman–Crippen MR) is 203 cm³/mol. The van der Waals surface area contributed by atoms with E-state index in [0.717, 1.165) is 102 Å². The Balaban J connectivity index is 2.13. The van der Waals surface area contributed by atoms with Gasteiger partial charge in [-0.3, -0.25) is 4.79 Å². The third-order valence-electron chi connectivity index (χ3n) is 9.51. The first kappa shape index (κ1) is 44.4. The fourth-order valence-corrected chi connectivity index (χ4v) is 6.44. The molecule has 0 bridgehead atoms. The molecule has 1 rings (SSSR count). The molecule has 1 aromatic carbocycles. The number of hydrogen-bond donors (Lipinski definition) is 2. The number of ether oxygens (including phenoxy) is 2. The molecule has 0 aromatic heterocycles. The van der Waals surface area contributed by atoms with Gasteiger partial charge in [0.1, 0.15) is 5.75 Å². The van der Waals surface area contributed by atoms with Gasteiger partial charge in [-0.05, 0) is 94.1 Å². The number of benzene rings is 1. The van der Waals surface area contributed by atoms with Crippen molar-refractivity contribution in [3.8, 4) is 5.75 Å². The Labute approximate surface area is 296 Å². The minimum absolute atomic E-state index is 0.0348. The number of carbonyl (C=O) groups excluding carboxylic acids is 1. The molecule has 1 aromatic rings. The standard InChI is InChI=1S/C42H77NO5/c1-4-7-10-11-18-25-36-47-41(45)28-21-14-12-16-23-32-43(34-35-44)33-24-17-13-15-22-29-42(46)48-40-31-30-38(26-19-8-5-2)39(37-40)27-20-9-6-3/h30-31,37,42,44,46H,4-29,32-36H2,1-3H3. The maximum Gasteiger partial charge on any atom is 0.305 e. The molecular weight excluding hydrogens is 598 g/mol. The van der Waals surface area contributed by atoms with E-state index < -0.39 is 6.29 Å². The molecule has 2 N–H and O–H groups in total. The topological polar surface area (TPSA) is 79.2 Å². The maximum atomic E-state index is 11.9. The van der Waals surface area contributed by atoms with Crippen LogP contribution in [-0.4, -0.2) is 60.2 Å². The number of aliphatic hydroxyl groups is 2. The third kappa shape index (κ3) is 25.4. The van der Waals surface area contributed by atoms with Gasteiger partial charge in [0.15, 0.2) is 6.29 Å². The second-order valence-corrected chi connectivity index (χ2v) is 14.0. The maximum absolute atomic E-state index is 11.9. The summed E-state index contributed by atoms with van der Waals surface area (Å²) < 4.78 is 11.3. The van der Waals surface area contributed by atoms with Crippen LogP contribution in [0.25, 0.3) is 0 Å². The number of aryl methyl sites for hydroxylation is 2. The van der Waals surface area contributed by atoms with Crippen LogP contribution in [0.5, 0.6) is 5.75 Å². The van der Waals surface area contributed by atoms with Crippen molar-refractivity contribution in [1.29, 1.82) is 0 Å². The monoisotopic (exact) mass is 676 g/mol. The summed E-state index contributed by atoms with van der Waals surface area (Å²) in [6.45, 7) is 10.3. The highest BCUT2D eigenvalue weighted by Gasteiger charge is 2.10. The Morgan fingerprint density at radius 3 is 1.83 bits per heavy atom. The van der Waals surface area contributed by atoms with Crippen LogP contribution >= 0.6 is 0 Å². The number of nitrogens with zero attached hydrogens (tertiary/aromatic N) is 1. The fraction of sp³-hybridized carbons (Fsp3) is 0.833. The van der Waals surface area contributed by atoms with Crippen molar-refractivity contribution < 1.29 is 24.5 Å². The number of hydrogen-bond acceptors (Lipinski definition) is 6. The van der Waals surface area contributed by atoms with Crippen LogP contribution < -0.4 is 4.74 Å². The van der Waals surface area contributed by atoms with Crippen molar-refractivity contribution in [3.05, 3.63) is 29.3 Å². The van der Waals surface area contributed by atoms with Crippen molar-refractivity contribution in [2.45, 2.75) is 194 Å². The van der Waals surface area contributed by atoms with Crippen LogP contribution in [0.2, 0.25) is 0 Å². The zero-order valence-electron chi connectivity index (χ0n) is 31.8. The Kier molecular flexibility index (Phi) is 30.1. The lowest BCUT2D eigenvalue weighted by atomic mass is 9.97. The molecule has 1 atom stereocenters. The second-order valence-electron chi connectivity index (χ2n) is 14.0. The van der Waals surface area contributed by atoms with Gasteiger partial charge in [-0.1, -0.05) is 123 Å². The number of aliphatic hydroxyl groups excluding tert-OH is 2. The first-order chi connectivity index (χ1) is 23.5. The Hall–Kier alpha value is -1.63. The van der Waals surface area contributed by atoms with E-state index in [-0.39, 0.29) is 12.6 Å². The summed E-state index contributed by atoms with van der Waals surface area (Å²) in [5, 5.41) is 20.1. The van der Waals surface area contributed by atoms with Crippen molar-refractivity contribution in [2.75, 3.05) is 32.8 Å². The van der Waals surface area contributed by atoms with Gasteiger partial charge in [-0.25, -0.2) is 0 Å². The zero-order valence-corrected chi connectivity index (χ0v) is 31.8. The molecule has 0 aliphatic rings. The molecule has 0 radical (unpaired) electrons. The summed E-state index contributed by atoms with van der Waals surface area (Å²) in [6.07, 6.45) is 28.4. The van der Waals surface area contributed by atoms with Crippen LogP contribution in [0.15, 0.2) is 18.2 Å². The summed E-state index contributed by atoms with van der Waals surface area (Å²) in [6, 6.07) is 6.44. The van der Waals surface area contributed by atoms with Gasteiger partial charge in [-0.15, -0.1) is 0 Å². The molecule has 0 saturated heterocycles. The largest absolute Gasteiger partial charge is 0.466 e. The molecule has 0 heterocycles. The lowest BCUT2D eigenvalue weighted by Gasteiger charge is -2.21. The Bertz CT molecular complexity index is 862. The van der Waals surface area contributed by atoms with Gasteiger partial charge < -0.3 is 24.6 Å². The molecule has 0 spiro atoms. The summed E-state index contributed by atoms with van der Waals surface area (Å²) in [5.41, 5.74) is 2.84. The van der Waals surface area contributed by atoms with Gasteiger partial charge in [0.2, 0.25) is 0 Å². The van der Waals surface area contributed by atoms with Crippen molar-refractivity contribution in [1.82, 2.24) is 4.90 Å². The third-order valence-corrected chi connectivity index (χ3v) is 9.51. The quantitative estimate of drug-likeness (QED) is 0.0423. The Morgan fingerprint density at radius 2 is 1.19 bits per heavy atom. The summed E-state index contributed by atoms with van der Waals surface area (Å²) in [5.74, 6) is 0.767. The van der Waals surface area contributed by atoms with Gasteiger partial charge in [0, 0.05) is 19.4 Å². The van der Waals surface area contributed by atoms with Gasteiger partial charge in [-0.2, -0.15) is 0 Å². The average molecular weight is 676 g/mol. The van der Waals surface area contributed by atoms with Crippen LogP contribution in [0.3, 0.4) is 0 Å². The van der Waals surface area contributed by atoms with E-state index in [4.69, 9.17) is 9.47 Å². The lowest BCUT2D eigenvalue weighted by Crippen LogP contribution is -2.29. The van der Waals surface area contributed by atoms with Crippen LogP contribution in [0.4, 0.5) is 0 Å². The van der Waals surface area contributed by atoms with E-state index in [0.29, 0.717) is 19.4 Å². The molecule has 0 saturated carbocycles. The van der Waals surface area contributed by atoms with E-state index in [1.54, 1.807) is 0 Å². The predicted octanol–water partition coefficient (Wildman–Crippen LogP) is 10.7. The summed E-state index contributed by atoms with van der Waals surface area (Å²) in [4.78, 5) is 14.3. The van der Waals surface area contributed by atoms with E-state index in [1.807, 2.05) is 6.07 Å². The van der Waals surface area contributed by atoms with Crippen molar-refractivity contribution >= 4 is 5.97 Å². The molecule has 0 amide bonds. The smallest absolute Gasteiger partial charge is 0.305 e. The SMILES string of the molecule is CCCCCCCCOC(=O)CCCCCCCN(CCO)CCCCCCCC(O)Oc1ccc(CCCCC)c(CCCCC)c1. The van der Waals surface area contributed by atoms with Crippen LogP contribution in [-0.2, 0) is 22.4 Å². The van der Waals surface area contributed by atoms with E-state index in [1.165, 1.54) is 88.2 Å². The highest BCUT2D eigenvalue weighted by Crippen LogP contribution is 2.24. The van der Waals surface area contributed by atoms with Crippen molar-refractivity contribution in [3.63, 3.8) is 0 Å². The van der Waals surface area contributed by atoms with E-state index in [2.05, 4.69) is 37.8 Å². The molecule has 48 heavy (non-hydrogen) atoms. The molecule has 6 nitrogen and oxygen atoms in total. The average Bonchev–Trinajstić information content (AvgIpc) is 3.08. The Morgan fingerprint density at radius 1 is 0.646 bits per heavy atom.